The van der Waals surface area contributed by atoms with E-state index in [4.69, 9.17) is 0 Å². The highest BCUT2D eigenvalue weighted by molar-refractivity contribution is 7.09. The zero-order chi connectivity index (χ0) is 16.4. The lowest BCUT2D eigenvalue weighted by atomic mass is 9.79. The molecule has 0 aliphatic carbocycles. The lowest BCUT2D eigenvalue weighted by Crippen LogP contribution is -2.48. The molecule has 3 heterocycles. The van der Waals surface area contributed by atoms with E-state index in [1.165, 1.54) is 0 Å². The average Bonchev–Trinajstić information content (AvgIpc) is 3.31. The van der Waals surface area contributed by atoms with Crippen LogP contribution in [0.5, 0.6) is 0 Å². The van der Waals surface area contributed by atoms with Crippen LogP contribution in [0.2, 0.25) is 0 Å². The van der Waals surface area contributed by atoms with Crippen LogP contribution < -0.4 is 10.6 Å². The van der Waals surface area contributed by atoms with Crippen molar-refractivity contribution in [2.24, 2.45) is 11.3 Å². The maximum Gasteiger partial charge on any atom is 0.232 e. The van der Waals surface area contributed by atoms with Crippen LogP contribution in [0.3, 0.4) is 0 Å². The van der Waals surface area contributed by atoms with Gasteiger partial charge in [-0.1, -0.05) is 30.3 Å². The van der Waals surface area contributed by atoms with Gasteiger partial charge in [0.15, 0.2) is 0 Å². The average molecular weight is 342 g/mol. The maximum absolute atomic E-state index is 13.5. The van der Waals surface area contributed by atoms with Crippen molar-refractivity contribution in [3.05, 3.63) is 52.5 Å². The Kier molecular flexibility index (Phi) is 4.35. The quantitative estimate of drug-likeness (QED) is 0.864. The SMILES string of the molecule is O=C(N(Cc1ccccc1)Cc1nccs1)C12CNCC1CNC2. The zero-order valence-electron chi connectivity index (χ0n) is 13.6. The molecule has 0 radical (unpaired) electrons. The largest absolute Gasteiger partial charge is 0.331 e. The summed E-state index contributed by atoms with van der Waals surface area (Å²) in [5.74, 6) is 0.640. The topological polar surface area (TPSA) is 57.3 Å². The van der Waals surface area contributed by atoms with E-state index >= 15 is 0 Å². The summed E-state index contributed by atoms with van der Waals surface area (Å²) < 4.78 is 0. The minimum Gasteiger partial charge on any atom is -0.331 e. The van der Waals surface area contributed by atoms with Crippen LogP contribution >= 0.6 is 11.3 Å². The Balaban J connectivity index is 1.60. The number of carbonyl (C=O) groups excluding carboxylic acids is 1. The van der Waals surface area contributed by atoms with Gasteiger partial charge in [-0.2, -0.15) is 0 Å². The fraction of sp³-hybridized carbons (Fsp3) is 0.444. The van der Waals surface area contributed by atoms with Gasteiger partial charge in [0.1, 0.15) is 5.01 Å². The summed E-state index contributed by atoms with van der Waals surface area (Å²) in [6, 6.07) is 10.2. The number of benzene rings is 1. The van der Waals surface area contributed by atoms with Crippen molar-refractivity contribution in [3.8, 4) is 0 Å². The minimum absolute atomic E-state index is 0.251. The van der Waals surface area contributed by atoms with Gasteiger partial charge in [-0.15, -0.1) is 11.3 Å². The van der Waals surface area contributed by atoms with Gasteiger partial charge in [-0.05, 0) is 5.56 Å². The molecule has 0 saturated carbocycles. The van der Waals surface area contributed by atoms with E-state index in [9.17, 15) is 4.79 Å². The standard InChI is InChI=1S/C18H22N4OS/c23-17(18-12-19-8-15(18)9-20-13-18)22(11-16-21-6-7-24-16)10-14-4-2-1-3-5-14/h1-7,15,19-20H,8-13H2. The smallest absolute Gasteiger partial charge is 0.232 e. The van der Waals surface area contributed by atoms with Crippen molar-refractivity contribution in [2.75, 3.05) is 26.2 Å². The molecule has 2 aliphatic rings. The van der Waals surface area contributed by atoms with E-state index in [1.807, 2.05) is 28.5 Å². The maximum atomic E-state index is 13.5. The monoisotopic (exact) mass is 342 g/mol. The second kappa shape index (κ2) is 6.63. The lowest BCUT2D eigenvalue weighted by Gasteiger charge is -2.33. The number of nitrogens with one attached hydrogen (secondary N) is 2. The molecular formula is C18H22N4OS. The molecule has 24 heavy (non-hydrogen) atoms. The van der Waals surface area contributed by atoms with E-state index < -0.39 is 0 Å². The Labute approximate surface area is 146 Å². The summed E-state index contributed by atoms with van der Waals surface area (Å²) in [7, 11) is 0. The molecule has 1 aromatic heterocycles. The van der Waals surface area contributed by atoms with E-state index in [-0.39, 0.29) is 11.3 Å². The molecule has 5 nitrogen and oxygen atoms in total. The molecule has 2 aromatic rings. The van der Waals surface area contributed by atoms with Gasteiger partial charge < -0.3 is 15.5 Å². The molecule has 2 fully saturated rings. The number of carbonyl (C=O) groups is 1. The molecule has 6 heteroatoms. The van der Waals surface area contributed by atoms with E-state index in [1.54, 1.807) is 17.5 Å². The van der Waals surface area contributed by atoms with E-state index in [2.05, 4.69) is 27.8 Å². The van der Waals surface area contributed by atoms with Gasteiger partial charge in [0.25, 0.3) is 0 Å². The van der Waals surface area contributed by atoms with Crippen LogP contribution in [0, 0.1) is 11.3 Å². The van der Waals surface area contributed by atoms with Crippen molar-refractivity contribution in [1.82, 2.24) is 20.5 Å². The number of thiazole rings is 1. The molecule has 4 rings (SSSR count). The Bertz CT molecular complexity index is 678. The lowest BCUT2D eigenvalue weighted by molar-refractivity contribution is -0.143. The Morgan fingerprint density at radius 1 is 1.21 bits per heavy atom. The number of aromatic nitrogens is 1. The summed E-state index contributed by atoms with van der Waals surface area (Å²) in [5, 5.41) is 9.80. The molecule has 2 saturated heterocycles. The van der Waals surface area contributed by atoms with Crippen LogP contribution in [0.1, 0.15) is 10.6 Å². The third-order valence-electron chi connectivity index (χ3n) is 5.18. The van der Waals surface area contributed by atoms with E-state index in [0.717, 1.165) is 36.8 Å². The second-order valence-electron chi connectivity index (χ2n) is 6.69. The highest BCUT2D eigenvalue weighted by Gasteiger charge is 2.53. The third kappa shape index (κ3) is 2.85. The Morgan fingerprint density at radius 2 is 1.96 bits per heavy atom. The number of amides is 1. The third-order valence-corrected chi connectivity index (χ3v) is 5.95. The zero-order valence-corrected chi connectivity index (χ0v) is 14.4. The summed E-state index contributed by atoms with van der Waals surface area (Å²) in [5.41, 5.74) is 0.860. The van der Waals surface area contributed by atoms with Gasteiger partial charge in [0.05, 0.1) is 12.0 Å². The molecule has 0 spiro atoms. The Hall–Kier alpha value is -1.76. The van der Waals surface area contributed by atoms with Gasteiger partial charge in [0.2, 0.25) is 5.91 Å². The van der Waals surface area contributed by atoms with Crippen molar-refractivity contribution in [1.29, 1.82) is 0 Å². The van der Waals surface area contributed by atoms with Crippen molar-refractivity contribution >= 4 is 17.2 Å². The normalized spacial score (nSPS) is 25.6. The van der Waals surface area contributed by atoms with Crippen molar-refractivity contribution in [3.63, 3.8) is 0 Å². The number of hydrogen-bond donors (Lipinski definition) is 2. The number of nitrogens with zero attached hydrogens (tertiary/aromatic N) is 2. The summed E-state index contributed by atoms with van der Waals surface area (Å²) in [6.07, 6.45) is 1.81. The van der Waals surface area contributed by atoms with Gasteiger partial charge in [-0.25, -0.2) is 4.98 Å². The van der Waals surface area contributed by atoms with E-state index in [0.29, 0.717) is 19.0 Å². The highest BCUT2D eigenvalue weighted by atomic mass is 32.1. The van der Waals surface area contributed by atoms with Crippen LogP contribution in [-0.4, -0.2) is 42.0 Å². The fourth-order valence-electron chi connectivity index (χ4n) is 3.89. The van der Waals surface area contributed by atoms with Crippen LogP contribution in [0.4, 0.5) is 0 Å². The van der Waals surface area contributed by atoms with Crippen LogP contribution in [0.15, 0.2) is 41.9 Å². The van der Waals surface area contributed by atoms with Gasteiger partial charge in [-0.3, -0.25) is 4.79 Å². The van der Waals surface area contributed by atoms with Crippen molar-refractivity contribution < 1.29 is 4.79 Å². The van der Waals surface area contributed by atoms with Gasteiger partial charge in [0, 0.05) is 50.2 Å². The molecule has 126 valence electrons. The molecule has 1 amide bonds. The minimum atomic E-state index is -0.300. The van der Waals surface area contributed by atoms with Crippen LogP contribution in [0.25, 0.3) is 0 Å². The molecule has 2 N–H and O–H groups in total. The first kappa shape index (κ1) is 15.7. The summed E-state index contributed by atoms with van der Waals surface area (Å²) in [6.45, 7) is 4.61. The fourth-order valence-corrected chi connectivity index (χ4v) is 4.52. The molecule has 0 atom stereocenters. The number of rotatable bonds is 5. The van der Waals surface area contributed by atoms with Crippen molar-refractivity contribution in [2.45, 2.75) is 13.1 Å². The molecule has 0 bridgehead atoms. The highest BCUT2D eigenvalue weighted by Crippen LogP contribution is 2.37. The van der Waals surface area contributed by atoms with Crippen LogP contribution in [-0.2, 0) is 17.9 Å². The molecular weight excluding hydrogens is 320 g/mol. The summed E-state index contributed by atoms with van der Waals surface area (Å²) >= 11 is 1.61. The predicted octanol–water partition coefficient (Wildman–Crippen LogP) is 1.48. The Morgan fingerprint density at radius 3 is 2.62 bits per heavy atom. The predicted molar refractivity (Wildman–Crippen MR) is 94.5 cm³/mol. The van der Waals surface area contributed by atoms with Gasteiger partial charge >= 0.3 is 0 Å². The first-order valence-electron chi connectivity index (χ1n) is 8.41. The number of hydrogen-bond acceptors (Lipinski definition) is 5. The first-order valence-corrected chi connectivity index (χ1v) is 9.29. The molecule has 1 aromatic carbocycles. The number of fused-ring (bicyclic) bond motifs is 1. The molecule has 0 unspecified atom stereocenters. The summed E-state index contributed by atoms with van der Waals surface area (Å²) in [4.78, 5) is 19.9. The second-order valence-corrected chi connectivity index (χ2v) is 7.67. The molecule has 2 aliphatic heterocycles. The first-order chi connectivity index (χ1) is 11.8.